The summed E-state index contributed by atoms with van der Waals surface area (Å²) in [6.45, 7) is 2.13. The Morgan fingerprint density at radius 1 is 0.929 bits per heavy atom. The molecule has 0 atom stereocenters. The standard InChI is InChI=1S/C22H23N5O/c1-2-15-5-3-6-17(11-15)25-20-13-21(24-14-23-20)26-18-7-4-8-19(12-18)27-22(28)16-9-10-16/h3-8,11-14,16H,2,9-10H2,1H3,(H,27,28)(H2,23,24,25,26). The quantitative estimate of drug-likeness (QED) is 0.550. The molecule has 0 spiro atoms. The Labute approximate surface area is 164 Å². The number of anilines is 5. The number of hydrogen-bond acceptors (Lipinski definition) is 5. The van der Waals surface area contributed by atoms with Crippen molar-refractivity contribution in [3.05, 3.63) is 66.5 Å². The molecule has 1 aliphatic rings. The van der Waals surface area contributed by atoms with Gasteiger partial charge in [-0.2, -0.15) is 0 Å². The molecule has 1 aliphatic carbocycles. The van der Waals surface area contributed by atoms with Crippen molar-refractivity contribution in [2.75, 3.05) is 16.0 Å². The summed E-state index contributed by atoms with van der Waals surface area (Å²) in [5, 5.41) is 9.54. The summed E-state index contributed by atoms with van der Waals surface area (Å²) in [4.78, 5) is 20.5. The van der Waals surface area contributed by atoms with Crippen LogP contribution in [0.3, 0.4) is 0 Å². The summed E-state index contributed by atoms with van der Waals surface area (Å²) < 4.78 is 0. The molecule has 1 aromatic heterocycles. The van der Waals surface area contributed by atoms with E-state index >= 15 is 0 Å². The number of carbonyl (C=O) groups excluding carboxylic acids is 1. The Morgan fingerprint density at radius 2 is 1.57 bits per heavy atom. The maximum Gasteiger partial charge on any atom is 0.227 e. The second kappa shape index (κ2) is 8.08. The Morgan fingerprint density at radius 3 is 2.25 bits per heavy atom. The maximum atomic E-state index is 11.9. The fourth-order valence-electron chi connectivity index (χ4n) is 2.92. The SMILES string of the molecule is CCc1cccc(Nc2cc(Nc3cccc(NC(=O)C4CC4)c3)ncn2)c1. The lowest BCUT2D eigenvalue weighted by Gasteiger charge is -2.11. The van der Waals surface area contributed by atoms with Crippen LogP contribution in [0.2, 0.25) is 0 Å². The Hall–Kier alpha value is -3.41. The van der Waals surface area contributed by atoms with Crippen molar-refractivity contribution in [3.63, 3.8) is 0 Å². The highest BCUT2D eigenvalue weighted by atomic mass is 16.2. The van der Waals surface area contributed by atoms with Crippen LogP contribution >= 0.6 is 0 Å². The van der Waals surface area contributed by atoms with Crippen molar-refractivity contribution in [3.8, 4) is 0 Å². The van der Waals surface area contributed by atoms with Gasteiger partial charge in [0.05, 0.1) is 0 Å². The Bertz CT molecular complexity index is 984. The van der Waals surface area contributed by atoms with E-state index in [1.165, 1.54) is 11.9 Å². The monoisotopic (exact) mass is 373 g/mol. The number of amides is 1. The molecule has 142 valence electrons. The minimum absolute atomic E-state index is 0.0972. The van der Waals surface area contributed by atoms with Gasteiger partial charge in [-0.15, -0.1) is 0 Å². The van der Waals surface area contributed by atoms with Gasteiger partial charge in [0.15, 0.2) is 0 Å². The predicted octanol–water partition coefficient (Wildman–Crippen LogP) is 4.87. The van der Waals surface area contributed by atoms with Crippen LogP contribution in [0.1, 0.15) is 25.3 Å². The van der Waals surface area contributed by atoms with E-state index in [0.717, 1.165) is 36.3 Å². The lowest BCUT2D eigenvalue weighted by Crippen LogP contribution is -2.13. The van der Waals surface area contributed by atoms with E-state index in [4.69, 9.17) is 0 Å². The van der Waals surface area contributed by atoms with Gasteiger partial charge in [-0.3, -0.25) is 4.79 Å². The van der Waals surface area contributed by atoms with Crippen LogP contribution in [0, 0.1) is 5.92 Å². The molecular formula is C22H23N5O. The van der Waals surface area contributed by atoms with Crippen LogP contribution in [0.25, 0.3) is 0 Å². The number of nitrogens with zero attached hydrogens (tertiary/aromatic N) is 2. The van der Waals surface area contributed by atoms with Crippen LogP contribution in [-0.2, 0) is 11.2 Å². The lowest BCUT2D eigenvalue weighted by atomic mass is 10.1. The largest absolute Gasteiger partial charge is 0.340 e. The molecule has 4 rings (SSSR count). The van der Waals surface area contributed by atoms with E-state index in [9.17, 15) is 4.79 Å². The average molecular weight is 373 g/mol. The van der Waals surface area contributed by atoms with Crippen LogP contribution in [0.4, 0.5) is 28.7 Å². The molecule has 1 amide bonds. The first-order valence-electron chi connectivity index (χ1n) is 9.55. The van der Waals surface area contributed by atoms with Gasteiger partial charge in [0, 0.05) is 29.0 Å². The van der Waals surface area contributed by atoms with Crippen molar-refractivity contribution in [1.29, 1.82) is 0 Å². The van der Waals surface area contributed by atoms with Crippen molar-refractivity contribution in [2.24, 2.45) is 5.92 Å². The smallest absolute Gasteiger partial charge is 0.227 e. The summed E-state index contributed by atoms with van der Waals surface area (Å²) in [6.07, 6.45) is 4.48. The number of hydrogen-bond donors (Lipinski definition) is 3. The molecule has 1 fully saturated rings. The second-order valence-electron chi connectivity index (χ2n) is 6.94. The zero-order chi connectivity index (χ0) is 19.3. The lowest BCUT2D eigenvalue weighted by molar-refractivity contribution is -0.117. The number of benzene rings is 2. The highest BCUT2D eigenvalue weighted by Gasteiger charge is 2.29. The number of nitrogens with one attached hydrogen (secondary N) is 3. The normalized spacial score (nSPS) is 13.0. The molecule has 6 nitrogen and oxygen atoms in total. The molecule has 28 heavy (non-hydrogen) atoms. The minimum atomic E-state index is 0.0972. The highest BCUT2D eigenvalue weighted by Crippen LogP contribution is 2.30. The fraction of sp³-hybridized carbons (Fsp3) is 0.227. The molecule has 2 aromatic carbocycles. The fourth-order valence-corrected chi connectivity index (χ4v) is 2.92. The first-order valence-corrected chi connectivity index (χ1v) is 9.55. The van der Waals surface area contributed by atoms with Crippen molar-refractivity contribution >= 4 is 34.6 Å². The van der Waals surface area contributed by atoms with Gasteiger partial charge >= 0.3 is 0 Å². The minimum Gasteiger partial charge on any atom is -0.340 e. The number of rotatable bonds is 7. The molecule has 1 heterocycles. The molecular weight excluding hydrogens is 350 g/mol. The highest BCUT2D eigenvalue weighted by molar-refractivity contribution is 5.94. The van der Waals surface area contributed by atoms with E-state index in [1.54, 1.807) is 0 Å². The molecule has 0 saturated heterocycles. The van der Waals surface area contributed by atoms with Crippen LogP contribution < -0.4 is 16.0 Å². The molecule has 3 aromatic rings. The maximum absolute atomic E-state index is 11.9. The van der Waals surface area contributed by atoms with Gasteiger partial charge in [-0.1, -0.05) is 25.1 Å². The summed E-state index contributed by atoms with van der Waals surface area (Å²) in [6, 6.07) is 17.7. The van der Waals surface area contributed by atoms with E-state index in [0.29, 0.717) is 11.6 Å². The van der Waals surface area contributed by atoms with E-state index in [-0.39, 0.29) is 11.8 Å². The van der Waals surface area contributed by atoms with Crippen LogP contribution in [-0.4, -0.2) is 15.9 Å². The zero-order valence-electron chi connectivity index (χ0n) is 15.8. The van der Waals surface area contributed by atoms with E-state index in [2.05, 4.69) is 45.0 Å². The van der Waals surface area contributed by atoms with Gasteiger partial charge in [0.25, 0.3) is 0 Å². The van der Waals surface area contributed by atoms with Crippen LogP contribution in [0.5, 0.6) is 0 Å². The molecule has 6 heteroatoms. The first-order chi connectivity index (χ1) is 13.7. The number of aryl methyl sites for hydroxylation is 1. The van der Waals surface area contributed by atoms with Gasteiger partial charge in [0.1, 0.15) is 18.0 Å². The van der Waals surface area contributed by atoms with Crippen LogP contribution in [0.15, 0.2) is 60.9 Å². The van der Waals surface area contributed by atoms with E-state index < -0.39 is 0 Å². The third kappa shape index (κ3) is 4.65. The zero-order valence-corrected chi connectivity index (χ0v) is 15.8. The Balaban J connectivity index is 1.45. The van der Waals surface area contributed by atoms with Gasteiger partial charge in [-0.05, 0) is 55.2 Å². The first kappa shape index (κ1) is 18.0. The molecule has 3 N–H and O–H groups in total. The van der Waals surface area contributed by atoms with E-state index in [1.807, 2.05) is 42.5 Å². The van der Waals surface area contributed by atoms with Gasteiger partial charge in [-0.25, -0.2) is 9.97 Å². The molecule has 1 saturated carbocycles. The topological polar surface area (TPSA) is 78.9 Å². The van der Waals surface area contributed by atoms with Gasteiger partial charge in [0.2, 0.25) is 5.91 Å². The number of aromatic nitrogens is 2. The van der Waals surface area contributed by atoms with Crippen molar-refractivity contribution in [1.82, 2.24) is 9.97 Å². The van der Waals surface area contributed by atoms with Crippen molar-refractivity contribution in [2.45, 2.75) is 26.2 Å². The summed E-state index contributed by atoms with van der Waals surface area (Å²) in [7, 11) is 0. The average Bonchev–Trinajstić information content (AvgIpc) is 3.54. The number of carbonyl (C=O) groups is 1. The molecule has 0 unspecified atom stereocenters. The summed E-state index contributed by atoms with van der Waals surface area (Å²) in [5.41, 5.74) is 3.90. The predicted molar refractivity (Wildman–Crippen MR) is 112 cm³/mol. The third-order valence-electron chi connectivity index (χ3n) is 4.63. The molecule has 0 aliphatic heterocycles. The Kier molecular flexibility index (Phi) is 5.19. The summed E-state index contributed by atoms with van der Waals surface area (Å²) in [5.74, 6) is 1.66. The molecule has 0 radical (unpaired) electrons. The summed E-state index contributed by atoms with van der Waals surface area (Å²) >= 11 is 0. The third-order valence-corrected chi connectivity index (χ3v) is 4.63. The van der Waals surface area contributed by atoms with Crippen molar-refractivity contribution < 1.29 is 4.79 Å². The molecule has 0 bridgehead atoms. The second-order valence-corrected chi connectivity index (χ2v) is 6.94. The van der Waals surface area contributed by atoms with Gasteiger partial charge < -0.3 is 16.0 Å².